The fourth-order valence-electron chi connectivity index (χ4n) is 1.42. The summed E-state index contributed by atoms with van der Waals surface area (Å²) in [6, 6.07) is 4.44. The van der Waals surface area contributed by atoms with E-state index in [4.69, 9.17) is 0 Å². The minimum atomic E-state index is 1.15. The zero-order chi connectivity index (χ0) is 9.30. The molecule has 0 N–H and O–H groups in total. The van der Waals surface area contributed by atoms with E-state index < -0.39 is 0 Å². The second-order valence-electron chi connectivity index (χ2n) is 3.53. The molecule has 1 aromatic rings. The zero-order valence-corrected chi connectivity index (χ0v) is 8.36. The van der Waals surface area contributed by atoms with Gasteiger partial charge in [0.15, 0.2) is 0 Å². The van der Waals surface area contributed by atoms with Gasteiger partial charge in [-0.2, -0.15) is 0 Å². The van der Waals surface area contributed by atoms with Gasteiger partial charge in [0, 0.05) is 0 Å². The van der Waals surface area contributed by atoms with E-state index in [9.17, 15) is 0 Å². The molecule has 0 nitrogen and oxygen atoms in total. The molecule has 12 heavy (non-hydrogen) atoms. The maximum absolute atomic E-state index is 3.96. The summed E-state index contributed by atoms with van der Waals surface area (Å²) in [5.74, 6) is 0. The SMILES string of the molecule is C=C(C)c1cc(C)c(C)cc1C. The van der Waals surface area contributed by atoms with Crippen LogP contribution in [0.5, 0.6) is 0 Å². The van der Waals surface area contributed by atoms with Crippen LogP contribution in [0.4, 0.5) is 0 Å². The highest BCUT2D eigenvalue weighted by Gasteiger charge is 2.01. The van der Waals surface area contributed by atoms with Gasteiger partial charge < -0.3 is 0 Å². The highest BCUT2D eigenvalue weighted by Crippen LogP contribution is 2.20. The first-order valence-electron chi connectivity index (χ1n) is 4.26. The van der Waals surface area contributed by atoms with Crippen LogP contribution in [0, 0.1) is 20.8 Å². The van der Waals surface area contributed by atoms with Crippen LogP contribution in [0.3, 0.4) is 0 Å². The first-order valence-corrected chi connectivity index (χ1v) is 4.26. The van der Waals surface area contributed by atoms with Gasteiger partial charge in [-0.15, -0.1) is 0 Å². The second kappa shape index (κ2) is 3.14. The molecule has 0 spiro atoms. The molecule has 1 aromatic carbocycles. The molecule has 0 heteroatoms. The molecule has 0 aliphatic rings. The van der Waals surface area contributed by atoms with Gasteiger partial charge in [0.25, 0.3) is 0 Å². The summed E-state index contributed by atoms with van der Waals surface area (Å²) in [6.45, 7) is 12.4. The first kappa shape index (κ1) is 9.05. The highest BCUT2D eigenvalue weighted by atomic mass is 14.1. The quantitative estimate of drug-likeness (QED) is 0.588. The van der Waals surface area contributed by atoms with E-state index in [1.165, 1.54) is 22.3 Å². The minimum Gasteiger partial charge on any atom is -0.0955 e. The third-order valence-electron chi connectivity index (χ3n) is 2.30. The predicted molar refractivity (Wildman–Crippen MR) is 55.4 cm³/mol. The van der Waals surface area contributed by atoms with E-state index >= 15 is 0 Å². The average Bonchev–Trinajstić information content (AvgIpc) is 1.96. The van der Waals surface area contributed by atoms with Crippen molar-refractivity contribution in [1.29, 1.82) is 0 Å². The van der Waals surface area contributed by atoms with Crippen LogP contribution in [-0.4, -0.2) is 0 Å². The van der Waals surface area contributed by atoms with Crippen molar-refractivity contribution in [3.63, 3.8) is 0 Å². The highest BCUT2D eigenvalue weighted by molar-refractivity contribution is 5.65. The van der Waals surface area contributed by atoms with Crippen molar-refractivity contribution in [2.75, 3.05) is 0 Å². The van der Waals surface area contributed by atoms with E-state index in [2.05, 4.69) is 46.4 Å². The topological polar surface area (TPSA) is 0 Å². The molecule has 1 rings (SSSR count). The molecule has 0 bridgehead atoms. The third kappa shape index (κ3) is 1.58. The number of hydrogen-bond acceptors (Lipinski definition) is 0. The van der Waals surface area contributed by atoms with Crippen molar-refractivity contribution in [3.05, 3.63) is 41.0 Å². The van der Waals surface area contributed by atoms with E-state index in [1.807, 2.05) is 0 Å². The van der Waals surface area contributed by atoms with E-state index in [-0.39, 0.29) is 0 Å². The molecule has 0 atom stereocenters. The lowest BCUT2D eigenvalue weighted by Crippen LogP contribution is -1.89. The molecular weight excluding hydrogens is 144 g/mol. The third-order valence-corrected chi connectivity index (χ3v) is 2.30. The Kier molecular flexibility index (Phi) is 2.37. The van der Waals surface area contributed by atoms with Gasteiger partial charge in [-0.3, -0.25) is 0 Å². The number of hydrogen-bond donors (Lipinski definition) is 0. The molecule has 0 fully saturated rings. The summed E-state index contributed by atoms with van der Waals surface area (Å²) < 4.78 is 0. The lowest BCUT2D eigenvalue weighted by molar-refractivity contribution is 1.28. The molecular formula is C12H16. The van der Waals surface area contributed by atoms with E-state index in [0.29, 0.717) is 0 Å². The van der Waals surface area contributed by atoms with Crippen LogP contribution >= 0.6 is 0 Å². The van der Waals surface area contributed by atoms with Crippen LogP contribution in [0.25, 0.3) is 5.57 Å². The molecule has 0 aromatic heterocycles. The Morgan fingerprint density at radius 2 is 1.50 bits per heavy atom. The fourth-order valence-corrected chi connectivity index (χ4v) is 1.42. The molecule has 0 saturated carbocycles. The molecule has 0 heterocycles. The fraction of sp³-hybridized carbons (Fsp3) is 0.333. The van der Waals surface area contributed by atoms with Gasteiger partial charge in [0.05, 0.1) is 0 Å². The summed E-state index contributed by atoms with van der Waals surface area (Å²) in [5, 5.41) is 0. The van der Waals surface area contributed by atoms with Gasteiger partial charge in [-0.25, -0.2) is 0 Å². The monoisotopic (exact) mass is 160 g/mol. The van der Waals surface area contributed by atoms with Crippen LogP contribution < -0.4 is 0 Å². The van der Waals surface area contributed by atoms with Crippen LogP contribution in [0.1, 0.15) is 29.2 Å². The van der Waals surface area contributed by atoms with Gasteiger partial charge in [-0.1, -0.05) is 24.3 Å². The molecule has 0 saturated heterocycles. The molecule has 64 valence electrons. The largest absolute Gasteiger partial charge is 0.0955 e. The number of aryl methyl sites for hydroxylation is 3. The van der Waals surface area contributed by atoms with Crippen molar-refractivity contribution < 1.29 is 0 Å². The summed E-state index contributed by atoms with van der Waals surface area (Å²) >= 11 is 0. The summed E-state index contributed by atoms with van der Waals surface area (Å²) in [5.41, 5.74) is 6.47. The van der Waals surface area contributed by atoms with Crippen molar-refractivity contribution in [1.82, 2.24) is 0 Å². The Labute approximate surface area is 74.9 Å². The normalized spacial score (nSPS) is 10.0. The van der Waals surface area contributed by atoms with E-state index in [0.717, 1.165) is 5.57 Å². The Morgan fingerprint density at radius 3 is 2.00 bits per heavy atom. The Hall–Kier alpha value is -1.04. The van der Waals surface area contributed by atoms with Crippen molar-refractivity contribution in [2.24, 2.45) is 0 Å². The Bertz CT molecular complexity index is 319. The summed E-state index contributed by atoms with van der Waals surface area (Å²) in [4.78, 5) is 0. The van der Waals surface area contributed by atoms with Gasteiger partial charge in [0.2, 0.25) is 0 Å². The standard InChI is InChI=1S/C12H16/c1-8(2)12-7-10(4)9(3)6-11(12)5/h6-7H,1H2,2-5H3. The molecule has 0 aliphatic carbocycles. The van der Waals surface area contributed by atoms with Crippen LogP contribution in [0.2, 0.25) is 0 Å². The Morgan fingerprint density at radius 1 is 1.00 bits per heavy atom. The molecule has 0 radical (unpaired) electrons. The lowest BCUT2D eigenvalue weighted by atomic mass is 9.97. The second-order valence-corrected chi connectivity index (χ2v) is 3.53. The Balaban J connectivity index is 3.33. The molecule has 0 unspecified atom stereocenters. The maximum atomic E-state index is 3.96. The number of benzene rings is 1. The minimum absolute atomic E-state index is 1.15. The summed E-state index contributed by atoms with van der Waals surface area (Å²) in [7, 11) is 0. The lowest BCUT2D eigenvalue weighted by Gasteiger charge is -2.08. The van der Waals surface area contributed by atoms with E-state index in [1.54, 1.807) is 0 Å². The van der Waals surface area contributed by atoms with Crippen LogP contribution in [0.15, 0.2) is 18.7 Å². The van der Waals surface area contributed by atoms with Gasteiger partial charge >= 0.3 is 0 Å². The van der Waals surface area contributed by atoms with Crippen molar-refractivity contribution in [3.8, 4) is 0 Å². The maximum Gasteiger partial charge on any atom is -0.0201 e. The number of rotatable bonds is 1. The van der Waals surface area contributed by atoms with Crippen molar-refractivity contribution >= 4 is 5.57 Å². The number of allylic oxidation sites excluding steroid dienone is 1. The summed E-state index contributed by atoms with van der Waals surface area (Å²) in [6.07, 6.45) is 0. The zero-order valence-electron chi connectivity index (χ0n) is 8.36. The molecule has 0 aliphatic heterocycles. The average molecular weight is 160 g/mol. The molecule has 0 amide bonds. The predicted octanol–water partition coefficient (Wildman–Crippen LogP) is 3.64. The van der Waals surface area contributed by atoms with Crippen molar-refractivity contribution in [2.45, 2.75) is 27.7 Å². The van der Waals surface area contributed by atoms with Gasteiger partial charge in [0.1, 0.15) is 0 Å². The first-order chi connectivity index (χ1) is 5.52. The van der Waals surface area contributed by atoms with Gasteiger partial charge in [-0.05, 0) is 49.9 Å². The smallest absolute Gasteiger partial charge is 0.0201 e. The van der Waals surface area contributed by atoms with Crippen LogP contribution in [-0.2, 0) is 0 Å².